The molecule has 0 saturated carbocycles. The van der Waals surface area contributed by atoms with E-state index < -0.39 is 0 Å². The Morgan fingerprint density at radius 3 is 2.17 bits per heavy atom. The fourth-order valence-corrected chi connectivity index (χ4v) is 5.00. The Morgan fingerprint density at radius 1 is 0.886 bits per heavy atom. The van der Waals surface area contributed by atoms with Gasteiger partial charge in [-0.1, -0.05) is 55.8 Å². The molecule has 0 unspecified atom stereocenters. The molecule has 0 atom stereocenters. The van der Waals surface area contributed by atoms with E-state index in [1.54, 1.807) is 0 Å². The van der Waals surface area contributed by atoms with Gasteiger partial charge >= 0.3 is 0 Å². The summed E-state index contributed by atoms with van der Waals surface area (Å²) >= 11 is 0. The minimum Gasteiger partial charge on any atom is -0.365 e. The van der Waals surface area contributed by atoms with Crippen LogP contribution < -0.4 is 4.90 Å². The smallest absolute Gasteiger partial charge is 0.291 e. The van der Waals surface area contributed by atoms with Gasteiger partial charge in [0.05, 0.1) is 12.2 Å². The number of piperazine rings is 1. The van der Waals surface area contributed by atoms with Crippen molar-refractivity contribution in [3.63, 3.8) is 0 Å². The third-order valence-electron chi connectivity index (χ3n) is 7.66. The van der Waals surface area contributed by atoms with Gasteiger partial charge < -0.3 is 14.7 Å². The molecule has 1 saturated heterocycles. The van der Waals surface area contributed by atoms with E-state index >= 15 is 0 Å². The van der Waals surface area contributed by atoms with E-state index in [2.05, 4.69) is 91.1 Å². The van der Waals surface area contributed by atoms with E-state index in [0.717, 1.165) is 50.4 Å². The topological polar surface area (TPSA) is 52.6 Å². The van der Waals surface area contributed by atoms with Crippen LogP contribution in [0.2, 0.25) is 0 Å². The molecular weight excluding hydrogens is 434 g/mol. The maximum atomic E-state index is 13.0. The average molecular weight is 470 g/mol. The van der Waals surface area contributed by atoms with Gasteiger partial charge in [0.2, 0.25) is 5.82 Å². The largest absolute Gasteiger partial charge is 0.365 e. The normalized spacial score (nSPS) is 16.8. The van der Waals surface area contributed by atoms with Crippen molar-refractivity contribution < 1.29 is 4.79 Å². The van der Waals surface area contributed by atoms with Crippen LogP contribution in [0.15, 0.2) is 54.7 Å². The Bertz CT molecular complexity index is 1190. The Morgan fingerprint density at radius 2 is 1.51 bits per heavy atom. The van der Waals surface area contributed by atoms with Crippen LogP contribution in [-0.4, -0.2) is 65.4 Å². The number of hydrogen-bond acceptors (Lipinski definition) is 5. The second-order valence-electron chi connectivity index (χ2n) is 10.5. The van der Waals surface area contributed by atoms with Gasteiger partial charge in [0.25, 0.3) is 5.91 Å². The Kier molecular flexibility index (Phi) is 6.32. The molecule has 6 nitrogen and oxygen atoms in total. The summed E-state index contributed by atoms with van der Waals surface area (Å²) in [4.78, 5) is 28.6. The molecule has 0 radical (unpaired) electrons. The van der Waals surface area contributed by atoms with Crippen LogP contribution in [-0.2, 0) is 18.4 Å². The molecule has 3 heterocycles. The van der Waals surface area contributed by atoms with Gasteiger partial charge in [-0.25, -0.2) is 9.97 Å². The van der Waals surface area contributed by atoms with Gasteiger partial charge in [-0.2, -0.15) is 0 Å². The lowest BCUT2D eigenvalue weighted by molar-refractivity contribution is 0.0651. The average Bonchev–Trinajstić information content (AvgIpc) is 2.88. The number of fused-ring (bicyclic) bond motifs is 1. The molecule has 1 aromatic heterocycles. The summed E-state index contributed by atoms with van der Waals surface area (Å²) in [6, 6.07) is 17.7. The summed E-state index contributed by atoms with van der Waals surface area (Å²) < 4.78 is 0. The maximum Gasteiger partial charge on any atom is 0.291 e. The molecule has 182 valence electrons. The Labute approximate surface area is 208 Å². The number of likely N-dealkylation sites (N-methyl/N-ethyl adjacent to an activating group) is 1. The van der Waals surface area contributed by atoms with Gasteiger partial charge in [0.1, 0.15) is 0 Å². The molecular formula is C29H35N5O. The van der Waals surface area contributed by atoms with E-state index in [-0.39, 0.29) is 11.3 Å². The molecule has 1 fully saturated rings. The van der Waals surface area contributed by atoms with Crippen LogP contribution in [0.5, 0.6) is 0 Å². The van der Waals surface area contributed by atoms with Gasteiger partial charge in [-0.3, -0.25) is 4.79 Å². The lowest BCUT2D eigenvalue weighted by Crippen LogP contribution is -2.47. The molecule has 2 aliphatic heterocycles. The maximum absolute atomic E-state index is 13.0. The predicted molar refractivity (Wildman–Crippen MR) is 140 cm³/mol. The molecule has 0 N–H and O–H groups in total. The van der Waals surface area contributed by atoms with E-state index in [1.807, 2.05) is 11.1 Å². The van der Waals surface area contributed by atoms with Crippen LogP contribution in [0.3, 0.4) is 0 Å². The quantitative estimate of drug-likeness (QED) is 0.577. The van der Waals surface area contributed by atoms with Gasteiger partial charge in [-0.15, -0.1) is 0 Å². The first kappa shape index (κ1) is 23.5. The second-order valence-corrected chi connectivity index (χ2v) is 10.5. The fourth-order valence-electron chi connectivity index (χ4n) is 5.00. The molecule has 1 amide bonds. The lowest BCUT2D eigenvalue weighted by Gasteiger charge is -2.33. The van der Waals surface area contributed by atoms with Crippen molar-refractivity contribution in [2.75, 3.05) is 44.7 Å². The molecule has 6 heteroatoms. The monoisotopic (exact) mass is 469 g/mol. The van der Waals surface area contributed by atoms with Crippen LogP contribution in [0, 0.1) is 6.92 Å². The number of amides is 1. The van der Waals surface area contributed by atoms with Crippen molar-refractivity contribution in [1.82, 2.24) is 19.8 Å². The molecule has 2 aromatic carbocycles. The predicted octanol–water partition coefficient (Wildman–Crippen LogP) is 4.06. The highest BCUT2D eigenvalue weighted by molar-refractivity contribution is 5.90. The van der Waals surface area contributed by atoms with Gasteiger partial charge in [0, 0.05) is 50.0 Å². The molecule has 0 spiro atoms. The third-order valence-corrected chi connectivity index (χ3v) is 7.66. The summed E-state index contributed by atoms with van der Waals surface area (Å²) in [5.74, 6) is 0.270. The van der Waals surface area contributed by atoms with E-state index in [0.29, 0.717) is 12.4 Å². The minimum absolute atomic E-state index is 0.0549. The van der Waals surface area contributed by atoms with Crippen molar-refractivity contribution in [3.05, 3.63) is 88.5 Å². The highest BCUT2D eigenvalue weighted by Crippen LogP contribution is 2.33. The third kappa shape index (κ3) is 4.80. The highest BCUT2D eigenvalue weighted by atomic mass is 16.2. The number of carbonyl (C=O) groups is 1. The van der Waals surface area contributed by atoms with Crippen molar-refractivity contribution in [2.45, 2.75) is 39.2 Å². The number of hydrogen-bond donors (Lipinski definition) is 0. The zero-order valence-corrected chi connectivity index (χ0v) is 21.3. The number of benzene rings is 2. The van der Waals surface area contributed by atoms with E-state index in [4.69, 9.17) is 4.98 Å². The van der Waals surface area contributed by atoms with Crippen molar-refractivity contribution in [3.8, 4) is 0 Å². The number of anilines is 1. The number of rotatable bonds is 4. The molecule has 35 heavy (non-hydrogen) atoms. The van der Waals surface area contributed by atoms with Gasteiger partial charge in [0.15, 0.2) is 0 Å². The number of carbonyl (C=O) groups excluding carboxylic acids is 1. The zero-order valence-electron chi connectivity index (χ0n) is 21.3. The first-order chi connectivity index (χ1) is 16.8. The number of nitrogens with zero attached hydrogens (tertiary/aromatic N) is 5. The van der Waals surface area contributed by atoms with E-state index in [9.17, 15) is 4.79 Å². The second kappa shape index (κ2) is 9.42. The summed E-state index contributed by atoms with van der Waals surface area (Å²) in [5.41, 5.74) is 7.13. The molecule has 2 aliphatic rings. The summed E-state index contributed by atoms with van der Waals surface area (Å²) in [5, 5.41) is 0. The lowest BCUT2D eigenvalue weighted by atomic mass is 9.78. The zero-order chi connectivity index (χ0) is 24.6. The summed E-state index contributed by atoms with van der Waals surface area (Å²) in [6.07, 6.45) is 2.74. The van der Waals surface area contributed by atoms with Crippen molar-refractivity contribution >= 4 is 11.6 Å². The number of aryl methyl sites for hydroxylation is 1. The molecule has 0 bridgehead atoms. The first-order valence-electron chi connectivity index (χ1n) is 12.6. The van der Waals surface area contributed by atoms with Crippen molar-refractivity contribution in [1.29, 1.82) is 0 Å². The molecule has 5 rings (SSSR count). The van der Waals surface area contributed by atoms with E-state index in [1.165, 1.54) is 22.4 Å². The minimum atomic E-state index is -0.0630. The fraction of sp³-hybridized carbons (Fsp3) is 0.414. The van der Waals surface area contributed by atoms with Crippen LogP contribution >= 0.6 is 0 Å². The molecule has 0 aliphatic carbocycles. The van der Waals surface area contributed by atoms with Crippen LogP contribution in [0.1, 0.15) is 52.4 Å². The van der Waals surface area contributed by atoms with Gasteiger partial charge in [-0.05, 0) is 49.2 Å². The first-order valence-corrected chi connectivity index (χ1v) is 12.6. The summed E-state index contributed by atoms with van der Waals surface area (Å²) in [6.45, 7) is 11.5. The van der Waals surface area contributed by atoms with Crippen molar-refractivity contribution in [2.24, 2.45) is 0 Å². The standard InChI is InChI=1S/C29H35N5O/c1-21-5-7-23(8-6-21)29(2,3)24-9-11-25(12-10-24)34-14-13-22-19-30-27(31-26(22)20-34)28(35)33-17-15-32(4)16-18-33/h5-12,19H,13-18,20H2,1-4H3. The molecule has 3 aromatic rings. The van der Waals surface area contributed by atoms with Crippen LogP contribution in [0.4, 0.5) is 5.69 Å². The van der Waals surface area contributed by atoms with Crippen LogP contribution in [0.25, 0.3) is 0 Å². The summed E-state index contributed by atoms with van der Waals surface area (Å²) in [7, 11) is 2.09. The highest BCUT2D eigenvalue weighted by Gasteiger charge is 2.26. The Hall–Kier alpha value is -3.25. The SMILES string of the molecule is Cc1ccc(C(C)(C)c2ccc(N3CCc4cnc(C(=O)N5CCN(C)CC5)nc4C3)cc2)cc1. The number of aromatic nitrogens is 2. The Balaban J connectivity index is 1.31.